The summed E-state index contributed by atoms with van der Waals surface area (Å²) in [5.41, 5.74) is 5.06. The Morgan fingerprint density at radius 2 is 2.27 bits per heavy atom. The molecule has 0 aromatic heterocycles. The number of carbonyl (C=O) groups is 1. The molecule has 1 saturated carbocycles. The van der Waals surface area contributed by atoms with Gasteiger partial charge in [0.2, 0.25) is 5.91 Å². The maximum Gasteiger partial charge on any atom is 0.240 e. The van der Waals surface area contributed by atoms with Crippen molar-refractivity contribution in [2.45, 2.75) is 24.8 Å². The number of rotatable bonds is 3. The summed E-state index contributed by atoms with van der Waals surface area (Å²) in [6, 6.07) is 0. The van der Waals surface area contributed by atoms with E-state index in [0.29, 0.717) is 6.54 Å². The predicted molar refractivity (Wildman–Crippen MR) is 40.9 cm³/mol. The molecule has 0 atom stereocenters. The summed E-state index contributed by atoms with van der Waals surface area (Å²) in [7, 11) is 0. The van der Waals surface area contributed by atoms with E-state index in [4.69, 9.17) is 10.8 Å². The molecule has 0 aromatic rings. The van der Waals surface area contributed by atoms with E-state index in [1.54, 1.807) is 0 Å². The third-order valence-corrected chi connectivity index (χ3v) is 2.10. The van der Waals surface area contributed by atoms with Gasteiger partial charge in [-0.2, -0.15) is 0 Å². The fraction of sp³-hybridized carbons (Fsp3) is 0.857. The molecular weight excluding hydrogens is 144 g/mol. The molecule has 0 aromatic carbocycles. The van der Waals surface area contributed by atoms with Crippen LogP contribution >= 0.6 is 0 Å². The van der Waals surface area contributed by atoms with Gasteiger partial charge in [-0.1, -0.05) is 0 Å². The van der Waals surface area contributed by atoms with Gasteiger partial charge in [0.1, 0.15) is 0 Å². The normalized spacial score (nSPS) is 20.5. The second kappa shape index (κ2) is 3.19. The number of carbonyl (C=O) groups excluding carboxylic acids is 1. The van der Waals surface area contributed by atoms with E-state index in [-0.39, 0.29) is 12.5 Å². The fourth-order valence-corrected chi connectivity index (χ4v) is 1.13. The Morgan fingerprint density at radius 3 is 2.64 bits per heavy atom. The van der Waals surface area contributed by atoms with Gasteiger partial charge in [0.15, 0.2) is 0 Å². The maximum absolute atomic E-state index is 11.2. The largest absolute Gasteiger partial charge is 0.395 e. The van der Waals surface area contributed by atoms with Crippen molar-refractivity contribution >= 4 is 5.91 Å². The van der Waals surface area contributed by atoms with Crippen LogP contribution in [0.2, 0.25) is 0 Å². The van der Waals surface area contributed by atoms with Crippen LogP contribution in [-0.4, -0.2) is 29.7 Å². The molecule has 64 valence electrons. The van der Waals surface area contributed by atoms with Gasteiger partial charge in [0.25, 0.3) is 0 Å². The molecule has 1 amide bonds. The molecule has 0 radical (unpaired) electrons. The summed E-state index contributed by atoms with van der Waals surface area (Å²) in [5.74, 6) is -0.127. The van der Waals surface area contributed by atoms with Crippen molar-refractivity contribution in [3.63, 3.8) is 0 Å². The Morgan fingerprint density at radius 1 is 1.64 bits per heavy atom. The van der Waals surface area contributed by atoms with Gasteiger partial charge < -0.3 is 16.2 Å². The lowest BCUT2D eigenvalue weighted by Gasteiger charge is -2.36. The van der Waals surface area contributed by atoms with Crippen LogP contribution in [0.4, 0.5) is 0 Å². The zero-order chi connectivity index (χ0) is 8.32. The Bertz CT molecular complexity index is 155. The van der Waals surface area contributed by atoms with Crippen molar-refractivity contribution in [1.29, 1.82) is 0 Å². The van der Waals surface area contributed by atoms with Gasteiger partial charge in [-0.25, -0.2) is 0 Å². The van der Waals surface area contributed by atoms with Crippen LogP contribution in [0.5, 0.6) is 0 Å². The van der Waals surface area contributed by atoms with E-state index in [9.17, 15) is 4.79 Å². The van der Waals surface area contributed by atoms with Crippen LogP contribution in [0.25, 0.3) is 0 Å². The summed E-state index contributed by atoms with van der Waals surface area (Å²) in [6.07, 6.45) is 2.57. The van der Waals surface area contributed by atoms with E-state index >= 15 is 0 Å². The smallest absolute Gasteiger partial charge is 0.240 e. The molecule has 0 saturated heterocycles. The van der Waals surface area contributed by atoms with Gasteiger partial charge >= 0.3 is 0 Å². The average Bonchev–Trinajstić information content (AvgIpc) is 1.95. The third-order valence-electron chi connectivity index (χ3n) is 2.10. The molecule has 11 heavy (non-hydrogen) atoms. The van der Waals surface area contributed by atoms with Crippen LogP contribution in [0, 0.1) is 0 Å². The Hall–Kier alpha value is -0.610. The highest BCUT2D eigenvalue weighted by Crippen LogP contribution is 2.28. The van der Waals surface area contributed by atoms with Gasteiger partial charge in [-0.15, -0.1) is 0 Å². The van der Waals surface area contributed by atoms with Gasteiger partial charge in [-0.05, 0) is 19.3 Å². The van der Waals surface area contributed by atoms with Gasteiger partial charge in [-0.3, -0.25) is 4.79 Å². The van der Waals surface area contributed by atoms with E-state index < -0.39 is 5.54 Å². The SMILES string of the molecule is NC1(C(=O)NCCO)CCC1. The zero-order valence-electron chi connectivity index (χ0n) is 6.47. The summed E-state index contributed by atoms with van der Waals surface area (Å²) in [5, 5.41) is 11.0. The highest BCUT2D eigenvalue weighted by atomic mass is 16.3. The van der Waals surface area contributed by atoms with Crippen LogP contribution < -0.4 is 11.1 Å². The van der Waals surface area contributed by atoms with Gasteiger partial charge in [0, 0.05) is 6.54 Å². The number of aliphatic hydroxyl groups is 1. The second-order valence-corrected chi connectivity index (χ2v) is 2.99. The lowest BCUT2D eigenvalue weighted by molar-refractivity contribution is -0.129. The molecule has 0 heterocycles. The first-order valence-corrected chi connectivity index (χ1v) is 3.87. The van der Waals surface area contributed by atoms with Crippen LogP contribution in [0.3, 0.4) is 0 Å². The van der Waals surface area contributed by atoms with Crippen molar-refractivity contribution in [3.05, 3.63) is 0 Å². The minimum Gasteiger partial charge on any atom is -0.395 e. The van der Waals surface area contributed by atoms with Gasteiger partial charge in [0.05, 0.1) is 12.1 Å². The number of nitrogens with two attached hydrogens (primary N) is 1. The molecule has 4 N–H and O–H groups in total. The topological polar surface area (TPSA) is 75.4 Å². The molecule has 1 rings (SSSR count). The molecule has 0 unspecified atom stereocenters. The zero-order valence-corrected chi connectivity index (χ0v) is 6.47. The number of aliphatic hydroxyl groups excluding tert-OH is 1. The molecule has 0 aliphatic heterocycles. The molecule has 1 aliphatic carbocycles. The highest BCUT2D eigenvalue weighted by Gasteiger charge is 2.39. The number of hydrogen-bond acceptors (Lipinski definition) is 3. The van der Waals surface area contributed by atoms with E-state index in [1.807, 2.05) is 0 Å². The summed E-state index contributed by atoms with van der Waals surface area (Å²) >= 11 is 0. The van der Waals surface area contributed by atoms with Crippen LogP contribution in [0.15, 0.2) is 0 Å². The standard InChI is InChI=1S/C7H14N2O2/c8-7(2-1-3-7)6(11)9-4-5-10/h10H,1-5,8H2,(H,9,11). The first-order valence-electron chi connectivity index (χ1n) is 3.87. The Labute approximate surface area is 65.8 Å². The maximum atomic E-state index is 11.2. The van der Waals surface area contributed by atoms with Crippen molar-refractivity contribution in [1.82, 2.24) is 5.32 Å². The minimum absolute atomic E-state index is 0.0260. The molecule has 4 nitrogen and oxygen atoms in total. The summed E-state index contributed by atoms with van der Waals surface area (Å²) < 4.78 is 0. The molecule has 1 aliphatic rings. The van der Waals surface area contributed by atoms with Crippen molar-refractivity contribution in [3.8, 4) is 0 Å². The number of hydrogen-bond donors (Lipinski definition) is 3. The lowest BCUT2D eigenvalue weighted by atomic mass is 9.77. The predicted octanol–water partition coefficient (Wildman–Crippen LogP) is -1.02. The molecule has 4 heteroatoms. The fourth-order valence-electron chi connectivity index (χ4n) is 1.13. The van der Waals surface area contributed by atoms with Crippen molar-refractivity contribution in [2.75, 3.05) is 13.2 Å². The van der Waals surface area contributed by atoms with E-state index in [2.05, 4.69) is 5.32 Å². The lowest BCUT2D eigenvalue weighted by Crippen LogP contribution is -2.58. The van der Waals surface area contributed by atoms with E-state index in [0.717, 1.165) is 19.3 Å². The Balaban J connectivity index is 2.28. The minimum atomic E-state index is -0.630. The molecule has 0 bridgehead atoms. The highest BCUT2D eigenvalue weighted by molar-refractivity contribution is 5.86. The number of amides is 1. The first kappa shape index (κ1) is 8.49. The molecular formula is C7H14N2O2. The monoisotopic (exact) mass is 158 g/mol. The summed E-state index contributed by atoms with van der Waals surface area (Å²) in [4.78, 5) is 11.2. The molecule has 0 spiro atoms. The van der Waals surface area contributed by atoms with E-state index in [1.165, 1.54) is 0 Å². The first-order chi connectivity index (χ1) is 5.19. The van der Waals surface area contributed by atoms with Crippen LogP contribution in [0.1, 0.15) is 19.3 Å². The second-order valence-electron chi connectivity index (χ2n) is 2.99. The summed E-state index contributed by atoms with van der Waals surface area (Å²) in [6.45, 7) is 0.277. The average molecular weight is 158 g/mol. The number of nitrogens with one attached hydrogen (secondary N) is 1. The third kappa shape index (κ3) is 1.70. The van der Waals surface area contributed by atoms with Crippen molar-refractivity contribution < 1.29 is 9.90 Å². The molecule has 1 fully saturated rings. The van der Waals surface area contributed by atoms with Crippen LogP contribution in [-0.2, 0) is 4.79 Å². The quantitative estimate of drug-likeness (QED) is 0.492. The Kier molecular flexibility index (Phi) is 2.46. The van der Waals surface area contributed by atoms with Crippen molar-refractivity contribution in [2.24, 2.45) is 5.73 Å².